The number of benzene rings is 2. The van der Waals surface area contributed by atoms with Gasteiger partial charge in [-0.2, -0.15) is 0 Å². The highest BCUT2D eigenvalue weighted by molar-refractivity contribution is 7.92. The predicted molar refractivity (Wildman–Crippen MR) is 85.6 cm³/mol. The normalized spacial score (nSPS) is 11.6. The molecule has 1 heterocycles. The van der Waals surface area contributed by atoms with Crippen molar-refractivity contribution in [1.82, 2.24) is 4.98 Å². The standard InChI is InChI=1S/C14H11ClN2O5S/c1-21-12-5-2-8(6-10(12)15)17-23(19,20)9-3-4-11-13(7-9)22-14(18)16-11/h2-7,17H,1H3,(H,16,18). The Hall–Kier alpha value is -2.45. The molecule has 3 aromatic rings. The van der Waals surface area contributed by atoms with E-state index in [1.54, 1.807) is 6.07 Å². The fraction of sp³-hybridized carbons (Fsp3) is 0.0714. The van der Waals surface area contributed by atoms with Crippen molar-refractivity contribution < 1.29 is 17.6 Å². The average Bonchev–Trinajstić information content (AvgIpc) is 2.86. The summed E-state index contributed by atoms with van der Waals surface area (Å²) in [4.78, 5) is 13.5. The first-order valence-corrected chi connectivity index (χ1v) is 8.24. The van der Waals surface area contributed by atoms with Crippen LogP contribution in [0.1, 0.15) is 0 Å². The third kappa shape index (κ3) is 3.03. The Morgan fingerprint density at radius 2 is 2.00 bits per heavy atom. The second-order valence-electron chi connectivity index (χ2n) is 4.63. The molecule has 2 N–H and O–H groups in total. The molecule has 0 radical (unpaired) electrons. The summed E-state index contributed by atoms with van der Waals surface area (Å²) in [6.45, 7) is 0. The highest BCUT2D eigenvalue weighted by Gasteiger charge is 2.17. The Morgan fingerprint density at radius 1 is 1.22 bits per heavy atom. The van der Waals surface area contributed by atoms with E-state index in [1.807, 2.05) is 0 Å². The van der Waals surface area contributed by atoms with Crippen molar-refractivity contribution in [3.8, 4) is 5.75 Å². The van der Waals surface area contributed by atoms with Gasteiger partial charge in [-0.05, 0) is 30.3 Å². The number of methoxy groups -OCH3 is 1. The van der Waals surface area contributed by atoms with Gasteiger partial charge >= 0.3 is 5.76 Å². The molecule has 0 atom stereocenters. The van der Waals surface area contributed by atoms with Crippen molar-refractivity contribution >= 4 is 38.4 Å². The zero-order valence-corrected chi connectivity index (χ0v) is 13.4. The first-order chi connectivity index (χ1) is 10.9. The summed E-state index contributed by atoms with van der Waals surface area (Å²) in [5.41, 5.74) is 0.860. The van der Waals surface area contributed by atoms with Crippen LogP contribution >= 0.6 is 11.6 Å². The van der Waals surface area contributed by atoms with E-state index < -0.39 is 15.8 Å². The lowest BCUT2D eigenvalue weighted by Gasteiger charge is -2.10. The molecule has 0 aliphatic heterocycles. The van der Waals surface area contributed by atoms with Gasteiger partial charge in [0.05, 0.1) is 28.2 Å². The Bertz CT molecular complexity index is 1040. The monoisotopic (exact) mass is 354 g/mol. The van der Waals surface area contributed by atoms with Crippen molar-refractivity contribution in [3.63, 3.8) is 0 Å². The molecule has 120 valence electrons. The van der Waals surface area contributed by atoms with Gasteiger partial charge in [-0.3, -0.25) is 9.71 Å². The molecule has 0 aliphatic rings. The van der Waals surface area contributed by atoms with Crippen LogP contribution in [0.15, 0.2) is 50.5 Å². The predicted octanol–water partition coefficient (Wildman–Crippen LogP) is 2.58. The van der Waals surface area contributed by atoms with Crippen LogP contribution < -0.4 is 15.2 Å². The summed E-state index contributed by atoms with van der Waals surface area (Å²) in [5, 5.41) is 0.278. The van der Waals surface area contributed by atoms with Crippen molar-refractivity contribution in [2.75, 3.05) is 11.8 Å². The lowest BCUT2D eigenvalue weighted by atomic mass is 10.3. The minimum absolute atomic E-state index is 0.0420. The van der Waals surface area contributed by atoms with Gasteiger partial charge in [0.2, 0.25) is 0 Å². The van der Waals surface area contributed by atoms with E-state index in [0.29, 0.717) is 11.3 Å². The first kappa shape index (κ1) is 15.4. The van der Waals surface area contributed by atoms with Crippen LogP contribution in [0.3, 0.4) is 0 Å². The van der Waals surface area contributed by atoms with Gasteiger partial charge in [0, 0.05) is 6.07 Å². The number of fused-ring (bicyclic) bond motifs is 1. The number of halogens is 1. The molecular formula is C14H11ClN2O5S. The molecule has 7 nitrogen and oxygen atoms in total. The summed E-state index contributed by atoms with van der Waals surface area (Å²) in [6.07, 6.45) is 0. The average molecular weight is 355 g/mol. The maximum Gasteiger partial charge on any atom is 0.417 e. The van der Waals surface area contributed by atoms with Crippen LogP contribution in [0.4, 0.5) is 5.69 Å². The minimum atomic E-state index is -3.86. The molecule has 0 fully saturated rings. The van der Waals surface area contributed by atoms with Gasteiger partial charge in [-0.15, -0.1) is 0 Å². The number of aromatic nitrogens is 1. The zero-order chi connectivity index (χ0) is 16.6. The summed E-state index contributed by atoms with van der Waals surface area (Å²) in [5.74, 6) is -0.213. The maximum atomic E-state index is 12.4. The number of oxazole rings is 1. The Morgan fingerprint density at radius 3 is 2.70 bits per heavy atom. The fourth-order valence-corrected chi connectivity index (χ4v) is 3.36. The number of hydrogen-bond acceptors (Lipinski definition) is 5. The lowest BCUT2D eigenvalue weighted by molar-refractivity contribution is 0.415. The van der Waals surface area contributed by atoms with Gasteiger partial charge in [-0.25, -0.2) is 13.2 Å². The van der Waals surface area contributed by atoms with Crippen LogP contribution in [-0.2, 0) is 10.0 Å². The third-order valence-corrected chi connectivity index (χ3v) is 4.78. The van der Waals surface area contributed by atoms with Gasteiger partial charge < -0.3 is 9.15 Å². The summed E-state index contributed by atoms with van der Waals surface area (Å²) >= 11 is 5.97. The van der Waals surface area contributed by atoms with Gasteiger partial charge in [0.1, 0.15) is 5.75 Å². The molecule has 0 unspecified atom stereocenters. The first-order valence-electron chi connectivity index (χ1n) is 6.38. The molecule has 0 spiro atoms. The molecule has 9 heteroatoms. The highest BCUT2D eigenvalue weighted by atomic mass is 35.5. The Kier molecular flexibility index (Phi) is 3.78. The number of aromatic amines is 1. The molecule has 0 aliphatic carbocycles. The molecule has 23 heavy (non-hydrogen) atoms. The molecule has 0 amide bonds. The molecule has 0 saturated carbocycles. The number of anilines is 1. The van der Waals surface area contributed by atoms with E-state index >= 15 is 0 Å². The SMILES string of the molecule is COc1ccc(NS(=O)(=O)c2ccc3[nH]c(=O)oc3c2)cc1Cl. The van der Waals surface area contributed by atoms with Crippen LogP contribution in [0.25, 0.3) is 11.1 Å². The van der Waals surface area contributed by atoms with Crippen molar-refractivity contribution in [1.29, 1.82) is 0 Å². The van der Waals surface area contributed by atoms with Crippen molar-refractivity contribution in [3.05, 3.63) is 52.0 Å². The van der Waals surface area contributed by atoms with E-state index in [2.05, 4.69) is 9.71 Å². The van der Waals surface area contributed by atoms with Crippen molar-refractivity contribution in [2.45, 2.75) is 4.90 Å². The molecule has 0 bridgehead atoms. The summed E-state index contributed by atoms with van der Waals surface area (Å²) in [6, 6.07) is 8.59. The number of sulfonamides is 1. The van der Waals surface area contributed by atoms with Gasteiger partial charge in [-0.1, -0.05) is 11.6 Å². The molecule has 0 saturated heterocycles. The van der Waals surface area contributed by atoms with Crippen LogP contribution in [0.2, 0.25) is 5.02 Å². The Labute approximate surface area is 135 Å². The highest BCUT2D eigenvalue weighted by Crippen LogP contribution is 2.28. The minimum Gasteiger partial charge on any atom is -0.495 e. The number of nitrogens with one attached hydrogen (secondary N) is 2. The molecular weight excluding hydrogens is 344 g/mol. The van der Waals surface area contributed by atoms with E-state index in [0.717, 1.165) is 0 Å². The van der Waals surface area contributed by atoms with Gasteiger partial charge in [0.15, 0.2) is 5.58 Å². The van der Waals surface area contributed by atoms with E-state index in [1.165, 1.54) is 37.4 Å². The molecule has 3 rings (SSSR count). The van der Waals surface area contributed by atoms with E-state index in [-0.39, 0.29) is 21.2 Å². The zero-order valence-electron chi connectivity index (χ0n) is 11.8. The smallest absolute Gasteiger partial charge is 0.417 e. The maximum absolute atomic E-state index is 12.4. The lowest BCUT2D eigenvalue weighted by Crippen LogP contribution is -2.12. The largest absolute Gasteiger partial charge is 0.495 e. The second-order valence-corrected chi connectivity index (χ2v) is 6.72. The number of H-pyrrole nitrogens is 1. The van der Waals surface area contributed by atoms with E-state index in [4.69, 9.17) is 20.8 Å². The van der Waals surface area contributed by atoms with Crippen LogP contribution in [0.5, 0.6) is 5.75 Å². The Balaban J connectivity index is 1.96. The van der Waals surface area contributed by atoms with Crippen LogP contribution in [0, 0.1) is 0 Å². The summed E-state index contributed by atoms with van der Waals surface area (Å²) in [7, 11) is -2.39. The van der Waals surface area contributed by atoms with E-state index in [9.17, 15) is 13.2 Å². The topological polar surface area (TPSA) is 101 Å². The number of hydrogen-bond donors (Lipinski definition) is 2. The number of rotatable bonds is 4. The third-order valence-electron chi connectivity index (χ3n) is 3.11. The second kappa shape index (κ2) is 5.64. The number of ether oxygens (including phenoxy) is 1. The fourth-order valence-electron chi connectivity index (χ4n) is 2.04. The molecule has 2 aromatic carbocycles. The molecule has 1 aromatic heterocycles. The summed E-state index contributed by atoms with van der Waals surface area (Å²) < 4.78 is 37.1. The quantitative estimate of drug-likeness (QED) is 0.749. The van der Waals surface area contributed by atoms with Crippen molar-refractivity contribution in [2.24, 2.45) is 0 Å². The van der Waals surface area contributed by atoms with Gasteiger partial charge in [0.25, 0.3) is 10.0 Å². The van der Waals surface area contributed by atoms with Crippen LogP contribution in [-0.4, -0.2) is 20.5 Å².